The van der Waals surface area contributed by atoms with Crippen molar-refractivity contribution in [1.29, 1.82) is 0 Å². The van der Waals surface area contributed by atoms with Crippen molar-refractivity contribution >= 4 is 17.3 Å². The van der Waals surface area contributed by atoms with E-state index >= 15 is 0 Å². The average molecular weight is 296 g/mol. The molecule has 0 aliphatic carbocycles. The molecule has 1 aromatic heterocycles. The second-order valence-corrected chi connectivity index (χ2v) is 4.12. The number of halogens is 1. The van der Waals surface area contributed by atoms with Crippen molar-refractivity contribution in [1.82, 2.24) is 9.97 Å². The minimum atomic E-state index is -0.702. The summed E-state index contributed by atoms with van der Waals surface area (Å²) in [4.78, 5) is 17.6. The topological polar surface area (TPSA) is 98.4 Å². The molecule has 0 unspecified atom stereocenters. The van der Waals surface area contributed by atoms with Gasteiger partial charge in [-0.25, -0.2) is 4.98 Å². The summed E-state index contributed by atoms with van der Waals surface area (Å²) < 4.78 is 5.45. The van der Waals surface area contributed by atoms with E-state index in [2.05, 4.69) is 9.97 Å². The molecule has 0 bridgehead atoms. The van der Waals surface area contributed by atoms with Crippen LogP contribution in [0.15, 0.2) is 30.6 Å². The maximum atomic E-state index is 11.0. The van der Waals surface area contributed by atoms with Gasteiger partial charge in [0.1, 0.15) is 12.1 Å². The van der Waals surface area contributed by atoms with E-state index in [0.29, 0.717) is 17.7 Å². The van der Waals surface area contributed by atoms with Crippen LogP contribution >= 0.6 is 11.6 Å². The zero-order valence-corrected chi connectivity index (χ0v) is 10.9. The lowest BCUT2D eigenvalue weighted by atomic mass is 10.1. The summed E-state index contributed by atoms with van der Waals surface area (Å²) in [6.45, 7) is -0.0625. The predicted molar refractivity (Wildman–Crippen MR) is 71.0 cm³/mol. The monoisotopic (exact) mass is 295 g/mol. The molecule has 1 heterocycles. The van der Waals surface area contributed by atoms with E-state index in [-0.39, 0.29) is 17.6 Å². The van der Waals surface area contributed by atoms with Crippen LogP contribution < -0.4 is 4.74 Å². The van der Waals surface area contributed by atoms with E-state index in [4.69, 9.17) is 21.4 Å². The number of benzene rings is 1. The Balaban J connectivity index is 2.40. The van der Waals surface area contributed by atoms with Crippen LogP contribution in [-0.4, -0.2) is 26.6 Å². The Bertz CT molecular complexity index is 636. The number of ether oxygens (including phenoxy) is 1. The van der Waals surface area contributed by atoms with Crippen molar-refractivity contribution < 1.29 is 14.8 Å². The van der Waals surface area contributed by atoms with Crippen molar-refractivity contribution in [2.24, 2.45) is 0 Å². The number of nitro groups is 1. The van der Waals surface area contributed by atoms with Gasteiger partial charge in [0.15, 0.2) is 0 Å². The zero-order valence-electron chi connectivity index (χ0n) is 10.2. The third kappa shape index (κ3) is 3.01. The third-order valence-corrected chi connectivity index (χ3v) is 2.76. The molecule has 0 aliphatic heterocycles. The Morgan fingerprint density at radius 1 is 1.35 bits per heavy atom. The summed E-state index contributed by atoms with van der Waals surface area (Å²) in [6, 6.07) is 6.87. The summed E-state index contributed by atoms with van der Waals surface area (Å²) in [5, 5.41) is 19.7. The molecule has 0 spiro atoms. The van der Waals surface area contributed by atoms with E-state index in [1.807, 2.05) is 0 Å². The number of nitrogens with zero attached hydrogens (tertiary/aromatic N) is 3. The fourth-order valence-corrected chi connectivity index (χ4v) is 1.80. The molecule has 2 rings (SSSR count). The number of para-hydroxylation sites is 1. The van der Waals surface area contributed by atoms with Crippen LogP contribution in [0.4, 0.5) is 5.69 Å². The Hall–Kier alpha value is -2.25. The molecule has 1 N–H and O–H groups in total. The standard InChI is InChI=1S/C12H10ClN3O4/c13-11-10(16(18)19)12(15-7-14-11)20-9-4-2-1-3-8(9)5-6-17/h1-4,7,17H,5-6H2. The number of aliphatic hydroxyl groups is 1. The molecule has 1 aromatic carbocycles. The Labute approximate surface area is 119 Å². The van der Waals surface area contributed by atoms with Gasteiger partial charge in [0.25, 0.3) is 0 Å². The minimum Gasteiger partial charge on any atom is -0.433 e. The Morgan fingerprint density at radius 3 is 2.80 bits per heavy atom. The summed E-state index contributed by atoms with van der Waals surface area (Å²) in [7, 11) is 0. The van der Waals surface area contributed by atoms with Gasteiger partial charge in [0.05, 0.1) is 4.92 Å². The van der Waals surface area contributed by atoms with Gasteiger partial charge in [-0.05, 0) is 18.1 Å². The van der Waals surface area contributed by atoms with Gasteiger partial charge in [-0.15, -0.1) is 0 Å². The summed E-state index contributed by atoms with van der Waals surface area (Å²) in [5.74, 6) is 0.139. The fraction of sp³-hybridized carbons (Fsp3) is 0.167. The number of hydrogen-bond acceptors (Lipinski definition) is 6. The highest BCUT2D eigenvalue weighted by molar-refractivity contribution is 6.31. The highest BCUT2D eigenvalue weighted by Crippen LogP contribution is 2.34. The number of aromatic nitrogens is 2. The van der Waals surface area contributed by atoms with Crippen molar-refractivity contribution in [3.63, 3.8) is 0 Å². The van der Waals surface area contributed by atoms with Gasteiger partial charge in [-0.3, -0.25) is 10.1 Å². The van der Waals surface area contributed by atoms with Crippen molar-refractivity contribution in [2.45, 2.75) is 6.42 Å². The largest absolute Gasteiger partial charge is 0.433 e. The third-order valence-electron chi connectivity index (χ3n) is 2.49. The smallest absolute Gasteiger partial charge is 0.368 e. The number of hydrogen-bond donors (Lipinski definition) is 1. The van der Waals surface area contributed by atoms with Crippen LogP contribution in [0, 0.1) is 10.1 Å². The second-order valence-electron chi connectivity index (χ2n) is 3.76. The van der Waals surface area contributed by atoms with Crippen LogP contribution in [0.3, 0.4) is 0 Å². The van der Waals surface area contributed by atoms with Crippen LogP contribution in [0.1, 0.15) is 5.56 Å². The van der Waals surface area contributed by atoms with Crippen molar-refractivity contribution in [3.8, 4) is 11.6 Å². The quantitative estimate of drug-likeness (QED) is 0.516. The molecular formula is C12H10ClN3O4. The highest BCUT2D eigenvalue weighted by Gasteiger charge is 2.24. The molecule has 20 heavy (non-hydrogen) atoms. The maximum absolute atomic E-state index is 11.0. The molecule has 0 aliphatic rings. The minimum absolute atomic E-state index is 0.0625. The lowest BCUT2D eigenvalue weighted by Gasteiger charge is -2.09. The highest BCUT2D eigenvalue weighted by atomic mass is 35.5. The first-order chi connectivity index (χ1) is 9.63. The van der Waals surface area contributed by atoms with E-state index in [9.17, 15) is 10.1 Å². The van der Waals surface area contributed by atoms with Gasteiger partial charge < -0.3 is 9.84 Å². The van der Waals surface area contributed by atoms with Crippen molar-refractivity contribution in [3.05, 3.63) is 51.4 Å². The SMILES string of the molecule is O=[N+]([O-])c1c(Cl)ncnc1Oc1ccccc1CCO. The molecule has 104 valence electrons. The van der Waals surface area contributed by atoms with Crippen molar-refractivity contribution in [2.75, 3.05) is 6.61 Å². The first-order valence-electron chi connectivity index (χ1n) is 5.65. The van der Waals surface area contributed by atoms with Crippen LogP contribution in [0.5, 0.6) is 11.6 Å². The van der Waals surface area contributed by atoms with Gasteiger partial charge in [-0.2, -0.15) is 4.98 Å². The van der Waals surface area contributed by atoms with Gasteiger partial charge in [-0.1, -0.05) is 29.8 Å². The first-order valence-corrected chi connectivity index (χ1v) is 6.02. The zero-order chi connectivity index (χ0) is 14.5. The van der Waals surface area contributed by atoms with E-state index < -0.39 is 10.6 Å². The molecule has 0 saturated carbocycles. The molecule has 0 fully saturated rings. The molecular weight excluding hydrogens is 286 g/mol. The van der Waals surface area contributed by atoms with E-state index in [0.717, 1.165) is 6.33 Å². The summed E-state index contributed by atoms with van der Waals surface area (Å²) in [5.41, 5.74) is 0.215. The summed E-state index contributed by atoms with van der Waals surface area (Å²) in [6.07, 6.45) is 1.45. The number of rotatable bonds is 5. The molecule has 2 aromatic rings. The van der Waals surface area contributed by atoms with E-state index in [1.54, 1.807) is 24.3 Å². The summed E-state index contributed by atoms with van der Waals surface area (Å²) >= 11 is 5.68. The van der Waals surface area contributed by atoms with E-state index in [1.165, 1.54) is 0 Å². The molecule has 0 radical (unpaired) electrons. The normalized spacial score (nSPS) is 10.3. The first kappa shape index (κ1) is 14.2. The fourth-order valence-electron chi connectivity index (χ4n) is 1.61. The Morgan fingerprint density at radius 2 is 2.10 bits per heavy atom. The second kappa shape index (κ2) is 6.27. The molecule has 7 nitrogen and oxygen atoms in total. The van der Waals surface area contributed by atoms with Crippen LogP contribution in [0.25, 0.3) is 0 Å². The Kier molecular flexibility index (Phi) is 4.44. The lowest BCUT2D eigenvalue weighted by molar-refractivity contribution is -0.386. The average Bonchev–Trinajstić information content (AvgIpc) is 2.41. The molecule has 0 amide bonds. The molecule has 0 saturated heterocycles. The molecule has 8 heteroatoms. The molecule has 0 atom stereocenters. The maximum Gasteiger partial charge on any atom is 0.368 e. The van der Waals surface area contributed by atoms with Gasteiger partial charge in [0, 0.05) is 6.61 Å². The lowest BCUT2D eigenvalue weighted by Crippen LogP contribution is -2.00. The van der Waals surface area contributed by atoms with Gasteiger partial charge in [0.2, 0.25) is 5.15 Å². The van der Waals surface area contributed by atoms with Crippen LogP contribution in [0.2, 0.25) is 5.15 Å². The van der Waals surface area contributed by atoms with Gasteiger partial charge >= 0.3 is 11.6 Å². The van der Waals surface area contributed by atoms with Crippen LogP contribution in [-0.2, 0) is 6.42 Å². The number of aliphatic hydroxyl groups excluding tert-OH is 1. The predicted octanol–water partition coefficient (Wildman–Crippen LogP) is 2.37.